The zero-order valence-corrected chi connectivity index (χ0v) is 7.55. The highest BCUT2D eigenvalue weighted by molar-refractivity contribution is 5.38. The van der Waals surface area contributed by atoms with Gasteiger partial charge in [0.2, 0.25) is 5.88 Å². The Bertz CT molecular complexity index is 325. The number of aromatic nitrogens is 1. The first-order chi connectivity index (χ1) is 6.44. The highest BCUT2D eigenvalue weighted by Gasteiger charge is 2.32. The van der Waals surface area contributed by atoms with Gasteiger partial charge < -0.3 is 9.47 Å². The second-order valence-corrected chi connectivity index (χ2v) is 2.49. The first kappa shape index (κ1) is 10.6. The molecule has 0 saturated carbocycles. The molecule has 1 aromatic heterocycles. The summed E-state index contributed by atoms with van der Waals surface area (Å²) in [7, 11) is 1.33. The van der Waals surface area contributed by atoms with E-state index < -0.39 is 6.36 Å². The zero-order valence-electron chi connectivity index (χ0n) is 7.55. The number of methoxy groups -OCH3 is 1. The summed E-state index contributed by atoms with van der Waals surface area (Å²) in [5, 5.41) is 0. The van der Waals surface area contributed by atoms with Crippen LogP contribution in [0.15, 0.2) is 12.3 Å². The number of nitrogens with zero attached hydrogens (tertiary/aromatic N) is 1. The van der Waals surface area contributed by atoms with E-state index in [4.69, 9.17) is 4.74 Å². The predicted octanol–water partition coefficient (Wildman–Crippen LogP) is 2.30. The molecule has 0 aliphatic heterocycles. The van der Waals surface area contributed by atoms with Gasteiger partial charge >= 0.3 is 6.36 Å². The third kappa shape index (κ3) is 2.51. The molecule has 0 spiro atoms. The van der Waals surface area contributed by atoms with Gasteiger partial charge in [0.05, 0.1) is 12.7 Å². The molecular weight excluding hydrogens is 199 g/mol. The molecule has 0 N–H and O–H groups in total. The minimum absolute atomic E-state index is 0.117. The number of hydrogen-bond acceptors (Lipinski definition) is 3. The second kappa shape index (κ2) is 3.73. The van der Waals surface area contributed by atoms with Crippen molar-refractivity contribution >= 4 is 0 Å². The summed E-state index contributed by atoms with van der Waals surface area (Å²) in [5.41, 5.74) is 0.215. The number of pyridine rings is 1. The van der Waals surface area contributed by atoms with E-state index in [1.54, 1.807) is 0 Å². The largest absolute Gasteiger partial charge is 0.573 e. The maximum Gasteiger partial charge on any atom is 0.573 e. The molecule has 0 saturated heterocycles. The number of alkyl halides is 3. The summed E-state index contributed by atoms with van der Waals surface area (Å²) in [6.07, 6.45) is -3.51. The zero-order chi connectivity index (χ0) is 10.8. The van der Waals surface area contributed by atoms with Crippen LogP contribution in [0.1, 0.15) is 5.56 Å². The molecule has 0 aliphatic rings. The maximum atomic E-state index is 11.9. The fourth-order valence-corrected chi connectivity index (χ4v) is 0.941. The molecule has 6 heteroatoms. The Morgan fingerprint density at radius 1 is 1.36 bits per heavy atom. The van der Waals surface area contributed by atoms with Crippen molar-refractivity contribution in [3.63, 3.8) is 0 Å². The number of hydrogen-bond donors (Lipinski definition) is 0. The fourth-order valence-electron chi connectivity index (χ4n) is 0.941. The molecule has 1 rings (SSSR count). The van der Waals surface area contributed by atoms with Gasteiger partial charge in [0.25, 0.3) is 0 Å². The van der Waals surface area contributed by atoms with Crippen LogP contribution in [0.5, 0.6) is 11.6 Å². The maximum absolute atomic E-state index is 11.9. The Hall–Kier alpha value is -1.46. The van der Waals surface area contributed by atoms with Crippen molar-refractivity contribution in [2.24, 2.45) is 0 Å². The standard InChI is InChI=1S/C8H8F3NO2/c1-5-6(14-8(9,10)11)3-4-12-7(5)13-2/h3-4H,1-2H3. The van der Waals surface area contributed by atoms with E-state index in [-0.39, 0.29) is 17.2 Å². The first-order valence-corrected chi connectivity index (χ1v) is 3.69. The van der Waals surface area contributed by atoms with Crippen molar-refractivity contribution in [2.75, 3.05) is 7.11 Å². The van der Waals surface area contributed by atoms with Crippen molar-refractivity contribution in [2.45, 2.75) is 13.3 Å². The summed E-state index contributed by atoms with van der Waals surface area (Å²) in [5.74, 6) is -0.184. The van der Waals surface area contributed by atoms with Crippen molar-refractivity contribution in [1.82, 2.24) is 4.98 Å². The highest BCUT2D eigenvalue weighted by atomic mass is 19.4. The predicted molar refractivity (Wildman–Crippen MR) is 42.2 cm³/mol. The Kier molecular flexibility index (Phi) is 2.83. The Morgan fingerprint density at radius 2 is 2.00 bits per heavy atom. The number of rotatable bonds is 2. The van der Waals surface area contributed by atoms with Gasteiger partial charge in [0, 0.05) is 6.20 Å². The monoisotopic (exact) mass is 207 g/mol. The van der Waals surface area contributed by atoms with E-state index in [9.17, 15) is 13.2 Å². The van der Waals surface area contributed by atoms with Crippen LogP contribution in [0.3, 0.4) is 0 Å². The van der Waals surface area contributed by atoms with Crippen LogP contribution in [-0.2, 0) is 0 Å². The average Bonchev–Trinajstić information content (AvgIpc) is 2.06. The molecule has 78 valence electrons. The lowest BCUT2D eigenvalue weighted by molar-refractivity contribution is -0.274. The lowest BCUT2D eigenvalue weighted by Crippen LogP contribution is -2.18. The van der Waals surface area contributed by atoms with Crippen LogP contribution in [0.4, 0.5) is 13.2 Å². The second-order valence-electron chi connectivity index (χ2n) is 2.49. The SMILES string of the molecule is COc1nccc(OC(F)(F)F)c1C. The van der Waals surface area contributed by atoms with Gasteiger partial charge in [-0.3, -0.25) is 0 Å². The third-order valence-corrected chi connectivity index (χ3v) is 1.53. The van der Waals surface area contributed by atoms with Gasteiger partial charge in [-0.15, -0.1) is 13.2 Å². The smallest absolute Gasteiger partial charge is 0.481 e. The summed E-state index contributed by atoms with van der Waals surface area (Å²) >= 11 is 0. The molecule has 1 heterocycles. The van der Waals surface area contributed by atoms with Gasteiger partial charge in [-0.1, -0.05) is 0 Å². The normalized spacial score (nSPS) is 11.2. The van der Waals surface area contributed by atoms with Gasteiger partial charge in [-0.2, -0.15) is 0 Å². The van der Waals surface area contributed by atoms with Crippen molar-refractivity contribution in [1.29, 1.82) is 0 Å². The molecule has 0 fully saturated rings. The molecule has 3 nitrogen and oxygen atoms in total. The highest BCUT2D eigenvalue weighted by Crippen LogP contribution is 2.29. The van der Waals surface area contributed by atoms with Crippen LogP contribution >= 0.6 is 0 Å². The Morgan fingerprint density at radius 3 is 2.50 bits per heavy atom. The van der Waals surface area contributed by atoms with Crippen LogP contribution in [0, 0.1) is 6.92 Å². The fraction of sp³-hybridized carbons (Fsp3) is 0.375. The van der Waals surface area contributed by atoms with Gasteiger partial charge in [0.15, 0.2) is 0 Å². The Labute approximate surface area is 78.5 Å². The van der Waals surface area contributed by atoms with Crippen molar-refractivity contribution in [3.05, 3.63) is 17.8 Å². The van der Waals surface area contributed by atoms with E-state index in [1.165, 1.54) is 20.2 Å². The van der Waals surface area contributed by atoms with E-state index in [2.05, 4.69) is 9.72 Å². The van der Waals surface area contributed by atoms with Crippen molar-refractivity contribution in [3.8, 4) is 11.6 Å². The minimum Gasteiger partial charge on any atom is -0.481 e. The van der Waals surface area contributed by atoms with Crippen molar-refractivity contribution < 1.29 is 22.6 Å². The molecule has 0 radical (unpaired) electrons. The van der Waals surface area contributed by atoms with E-state index in [0.29, 0.717) is 0 Å². The summed E-state index contributed by atoms with van der Waals surface area (Å²) in [6, 6.07) is 1.13. The number of halogens is 3. The quantitative estimate of drug-likeness (QED) is 0.745. The summed E-state index contributed by atoms with van der Waals surface area (Å²) in [6.45, 7) is 1.44. The summed E-state index contributed by atoms with van der Waals surface area (Å²) < 4.78 is 44.1. The van der Waals surface area contributed by atoms with Crippen LogP contribution in [-0.4, -0.2) is 18.5 Å². The molecule has 0 aromatic carbocycles. The van der Waals surface area contributed by atoms with Crippen LogP contribution in [0.2, 0.25) is 0 Å². The van der Waals surface area contributed by atoms with E-state index >= 15 is 0 Å². The van der Waals surface area contributed by atoms with Gasteiger partial charge in [-0.25, -0.2) is 4.98 Å². The molecule has 0 unspecified atom stereocenters. The topological polar surface area (TPSA) is 31.4 Å². The molecule has 0 aliphatic carbocycles. The molecule has 0 amide bonds. The van der Waals surface area contributed by atoms with E-state index in [1.807, 2.05) is 0 Å². The third-order valence-electron chi connectivity index (χ3n) is 1.53. The number of ether oxygens (including phenoxy) is 2. The van der Waals surface area contributed by atoms with Gasteiger partial charge in [-0.05, 0) is 13.0 Å². The first-order valence-electron chi connectivity index (χ1n) is 3.69. The lowest BCUT2D eigenvalue weighted by Gasteiger charge is -2.12. The Balaban J connectivity index is 2.98. The molecule has 0 atom stereocenters. The van der Waals surface area contributed by atoms with E-state index in [0.717, 1.165) is 6.07 Å². The molecule has 0 bridgehead atoms. The molecular formula is C8H8F3NO2. The summed E-state index contributed by atoms with van der Waals surface area (Å²) in [4.78, 5) is 3.72. The average molecular weight is 207 g/mol. The van der Waals surface area contributed by atoms with Crippen LogP contribution < -0.4 is 9.47 Å². The van der Waals surface area contributed by atoms with Crippen LogP contribution in [0.25, 0.3) is 0 Å². The molecule has 1 aromatic rings. The van der Waals surface area contributed by atoms with Gasteiger partial charge in [0.1, 0.15) is 5.75 Å². The lowest BCUT2D eigenvalue weighted by atomic mass is 10.3. The molecule has 14 heavy (non-hydrogen) atoms. The minimum atomic E-state index is -4.70.